The highest BCUT2D eigenvalue weighted by Crippen LogP contribution is 2.29. The molecule has 0 aromatic carbocycles. The van der Waals surface area contributed by atoms with E-state index < -0.39 is 79.8 Å². The Kier molecular flexibility index (Phi) is 8.28. The van der Waals surface area contributed by atoms with Gasteiger partial charge < -0.3 is 54.5 Å². The Labute approximate surface area is 167 Å². The molecule has 2 aliphatic rings. The molecule has 168 valence electrons. The summed E-state index contributed by atoms with van der Waals surface area (Å²) in [4.78, 5) is 23.4. The third kappa shape index (κ3) is 5.02. The first-order valence-electron chi connectivity index (χ1n) is 8.83. The van der Waals surface area contributed by atoms with Crippen LogP contribution < -0.4 is 5.32 Å². The molecule has 2 heterocycles. The number of methoxy groups -OCH3 is 2. The number of aliphatic hydroxyl groups excluding tert-OH is 5. The molecule has 13 nitrogen and oxygen atoms in total. The highest BCUT2D eigenvalue weighted by atomic mass is 16.7. The lowest BCUT2D eigenvalue weighted by Crippen LogP contribution is -2.68. The molecule has 0 radical (unpaired) electrons. The van der Waals surface area contributed by atoms with E-state index in [1.807, 2.05) is 0 Å². The second kappa shape index (κ2) is 10.1. The molecule has 13 heteroatoms. The van der Waals surface area contributed by atoms with E-state index in [-0.39, 0.29) is 1.43 Å². The number of carbonyl (C=O) groups is 2. The maximum Gasteiger partial charge on any atom is 1.00 e. The Balaban J connectivity index is 0.00000450. The number of rotatable bonds is 6. The van der Waals surface area contributed by atoms with E-state index in [0.29, 0.717) is 0 Å². The lowest BCUT2D eigenvalue weighted by atomic mass is 9.95. The molecule has 6 N–H and O–H groups in total. The maximum absolute atomic E-state index is 11.8. The van der Waals surface area contributed by atoms with E-state index in [1.165, 1.54) is 14.0 Å². The molecule has 0 aromatic heterocycles. The van der Waals surface area contributed by atoms with E-state index in [1.54, 1.807) is 0 Å². The van der Waals surface area contributed by atoms with Crippen molar-refractivity contribution in [2.75, 3.05) is 20.8 Å². The van der Waals surface area contributed by atoms with Crippen LogP contribution in [0.3, 0.4) is 0 Å². The number of amides is 1. The molecular weight excluding hydrogens is 398 g/mol. The van der Waals surface area contributed by atoms with Gasteiger partial charge in [0.2, 0.25) is 5.91 Å². The Morgan fingerprint density at radius 1 is 1.00 bits per heavy atom. The van der Waals surface area contributed by atoms with Gasteiger partial charge in [0, 0.05) is 14.0 Å². The normalized spacial score (nSPS) is 42.9. The number of nitrogens with one attached hydrogen (secondary N) is 1. The molecule has 10 unspecified atom stereocenters. The van der Waals surface area contributed by atoms with E-state index in [4.69, 9.17) is 18.9 Å². The highest BCUT2D eigenvalue weighted by molar-refractivity contribution is 5.75. The van der Waals surface area contributed by atoms with E-state index in [2.05, 4.69) is 10.1 Å². The maximum atomic E-state index is 11.8. The number of esters is 1. The van der Waals surface area contributed by atoms with Crippen molar-refractivity contribution in [2.24, 2.45) is 0 Å². The average Bonchev–Trinajstić information content (AvgIpc) is 2.69. The Morgan fingerprint density at radius 3 is 2.17 bits per heavy atom. The van der Waals surface area contributed by atoms with Gasteiger partial charge in [-0.25, -0.2) is 4.79 Å². The molecule has 2 saturated heterocycles. The molecule has 0 bridgehead atoms. The van der Waals surface area contributed by atoms with Gasteiger partial charge in [-0.1, -0.05) is 0 Å². The molecule has 29 heavy (non-hydrogen) atoms. The van der Waals surface area contributed by atoms with Crippen LogP contribution in [0.5, 0.6) is 0 Å². The number of aliphatic hydroxyl groups is 5. The molecule has 1 amide bonds. The summed E-state index contributed by atoms with van der Waals surface area (Å²) < 4.78 is 25.9. The lowest BCUT2D eigenvalue weighted by molar-refractivity contribution is -0.338. The number of hydrogen-bond donors (Lipinski definition) is 6. The summed E-state index contributed by atoms with van der Waals surface area (Å²) in [5.74, 6) is -1.54. The van der Waals surface area contributed by atoms with Crippen molar-refractivity contribution < 1.29 is 60.2 Å². The zero-order valence-corrected chi connectivity index (χ0v) is 16.1. The second-order valence-electron chi connectivity index (χ2n) is 6.70. The summed E-state index contributed by atoms with van der Waals surface area (Å²) in [7, 11) is 2.30. The Morgan fingerprint density at radius 2 is 1.66 bits per heavy atom. The van der Waals surface area contributed by atoms with Crippen LogP contribution in [0, 0.1) is 0 Å². The van der Waals surface area contributed by atoms with Gasteiger partial charge in [0.25, 0.3) is 0 Å². The average molecular weight is 426 g/mol. The zero-order valence-electron chi connectivity index (χ0n) is 17.1. The minimum atomic E-state index is -1.83. The van der Waals surface area contributed by atoms with Crippen molar-refractivity contribution in [1.29, 1.82) is 0 Å². The van der Waals surface area contributed by atoms with Crippen LogP contribution in [0.25, 0.3) is 0 Å². The van der Waals surface area contributed by atoms with Crippen molar-refractivity contribution in [1.82, 2.24) is 5.32 Å². The second-order valence-corrected chi connectivity index (χ2v) is 6.70. The largest absolute Gasteiger partial charge is 1.00 e. The zero-order chi connectivity index (χ0) is 21.9. The van der Waals surface area contributed by atoms with Crippen LogP contribution in [0.4, 0.5) is 0 Å². The van der Waals surface area contributed by atoms with Gasteiger partial charge in [0.1, 0.15) is 42.7 Å². The molecule has 2 aliphatic heterocycles. The van der Waals surface area contributed by atoms with Crippen LogP contribution in [-0.2, 0) is 33.3 Å². The summed E-state index contributed by atoms with van der Waals surface area (Å²) in [6, 6.07) is -1.10. The number of ether oxygens (including phenoxy) is 5. The summed E-state index contributed by atoms with van der Waals surface area (Å²) in [6.45, 7) is 0.585. The van der Waals surface area contributed by atoms with E-state index in [9.17, 15) is 35.1 Å². The van der Waals surface area contributed by atoms with Crippen molar-refractivity contribution in [3.8, 4) is 0 Å². The Bertz CT molecular complexity index is 582. The van der Waals surface area contributed by atoms with Crippen LogP contribution in [0.15, 0.2) is 0 Å². The molecule has 10 atom stereocenters. The number of hydrogen-bond acceptors (Lipinski definition) is 12. The quantitative estimate of drug-likeness (QED) is 0.224. The molecule has 0 aliphatic carbocycles. The first-order chi connectivity index (χ1) is 13.7. The SMILES string of the molecule is COC(=O)C1OC(OC2C(O)C(CO)OC(OC)C2NC(C)=O)C(O)C(O)C1O.[H+]. The predicted molar refractivity (Wildman–Crippen MR) is 91.0 cm³/mol. The molecule has 0 spiro atoms. The van der Waals surface area contributed by atoms with Crippen molar-refractivity contribution >= 4 is 11.9 Å². The van der Waals surface area contributed by atoms with Gasteiger partial charge in [-0.05, 0) is 0 Å². The van der Waals surface area contributed by atoms with Gasteiger partial charge in [-0.2, -0.15) is 0 Å². The summed E-state index contributed by atoms with van der Waals surface area (Å²) in [5.41, 5.74) is 0. The minimum Gasteiger partial charge on any atom is -0.467 e. The fraction of sp³-hybridized carbons (Fsp3) is 0.875. The molecule has 0 saturated carbocycles. The molecular formula is C16H28NO12+. The van der Waals surface area contributed by atoms with E-state index in [0.717, 1.165) is 7.11 Å². The molecule has 2 rings (SSSR count). The van der Waals surface area contributed by atoms with E-state index >= 15 is 0 Å². The minimum absolute atomic E-state index is 0. The smallest absolute Gasteiger partial charge is 0.467 e. The number of carbonyl (C=O) groups excluding carboxylic acids is 2. The molecule has 2 fully saturated rings. The first kappa shape index (κ1) is 23.9. The van der Waals surface area contributed by atoms with Gasteiger partial charge >= 0.3 is 7.40 Å². The van der Waals surface area contributed by atoms with Crippen molar-refractivity contribution in [2.45, 2.75) is 68.3 Å². The van der Waals surface area contributed by atoms with Gasteiger partial charge in [0.05, 0.1) is 13.7 Å². The van der Waals surface area contributed by atoms with Crippen molar-refractivity contribution in [3.63, 3.8) is 0 Å². The summed E-state index contributed by atoms with van der Waals surface area (Å²) in [5, 5.41) is 52.7. The van der Waals surface area contributed by atoms with Crippen molar-refractivity contribution in [3.05, 3.63) is 0 Å². The highest BCUT2D eigenvalue weighted by Gasteiger charge is 2.52. The monoisotopic (exact) mass is 426 g/mol. The Hall–Kier alpha value is -1.42. The third-order valence-electron chi connectivity index (χ3n) is 4.75. The van der Waals surface area contributed by atoms with Crippen LogP contribution >= 0.6 is 0 Å². The van der Waals surface area contributed by atoms with Gasteiger partial charge in [-0.3, -0.25) is 4.79 Å². The summed E-state index contributed by atoms with van der Waals surface area (Å²) >= 11 is 0. The van der Waals surface area contributed by atoms with Gasteiger partial charge in [-0.15, -0.1) is 0 Å². The first-order valence-corrected chi connectivity index (χ1v) is 8.83. The topological polar surface area (TPSA) is 193 Å². The standard InChI is InChI=1S/C16H27NO12/c1-5(19)17-7-12(8(20)6(4-18)27-15(7)26-3)28-16-11(23)9(21)10(22)13(29-16)14(24)25-2/h6-13,15-16,18,20-23H,4H2,1-3H3,(H,17,19)/p+1. The van der Waals surface area contributed by atoms with Gasteiger partial charge in [0.15, 0.2) is 18.7 Å². The van der Waals surface area contributed by atoms with Crippen LogP contribution in [0.2, 0.25) is 0 Å². The third-order valence-corrected chi connectivity index (χ3v) is 4.75. The van der Waals surface area contributed by atoms with Crippen LogP contribution in [0.1, 0.15) is 8.35 Å². The molecule has 0 aromatic rings. The fourth-order valence-corrected chi connectivity index (χ4v) is 3.25. The fourth-order valence-electron chi connectivity index (χ4n) is 3.25. The predicted octanol–water partition coefficient (Wildman–Crippen LogP) is -4.31. The lowest BCUT2D eigenvalue weighted by Gasteiger charge is -2.46. The van der Waals surface area contributed by atoms with Crippen LogP contribution in [-0.4, -0.2) is 120 Å². The summed E-state index contributed by atoms with van der Waals surface area (Å²) in [6.07, 6.45) is -14.0.